The largest absolute Gasteiger partial charge is 0.0776 e. The van der Waals surface area contributed by atoms with E-state index in [0.29, 0.717) is 0 Å². The molecule has 1 heteroatoms. The maximum absolute atomic E-state index is 0. The van der Waals surface area contributed by atoms with Crippen LogP contribution in [0.15, 0.2) is 0 Å². The third-order valence-corrected chi connectivity index (χ3v) is 0. The molecular formula is C4H16No. The molecule has 0 saturated heterocycles. The molecule has 0 aliphatic heterocycles. The van der Waals surface area contributed by atoms with E-state index in [4.69, 9.17) is 0 Å². The van der Waals surface area contributed by atoms with Crippen molar-refractivity contribution in [2.75, 3.05) is 0 Å². The van der Waals surface area contributed by atoms with Crippen LogP contribution in [0.5, 0.6) is 0 Å². The zero-order chi connectivity index (χ0) is 0. The van der Waals surface area contributed by atoms with Crippen molar-refractivity contribution in [3.8, 4) is 0 Å². The average Bonchev–Trinajstić information content (AvgIpc) is 0. The van der Waals surface area contributed by atoms with Crippen LogP contribution in [0.4, 0.5) is 0 Å². The normalized spacial score (nSPS) is 0. The van der Waals surface area contributed by atoms with Crippen LogP contribution in [0.1, 0.15) is 29.7 Å². The van der Waals surface area contributed by atoms with Crippen LogP contribution >= 0.6 is 0 Å². The molecule has 0 atom stereocenters. The molecule has 0 rings (SSSR count). The van der Waals surface area contributed by atoms with Gasteiger partial charge in [-0.15, -0.1) is 0 Å². The molecule has 0 nitrogen and oxygen atoms in total. The molecule has 5 heavy (non-hydrogen) atoms. The van der Waals surface area contributed by atoms with Crippen molar-refractivity contribution < 1.29 is 0 Å². The van der Waals surface area contributed by atoms with Crippen LogP contribution in [0.2, 0.25) is 0 Å². The Morgan fingerprint density at radius 1 is 0.400 bits per heavy atom. The summed E-state index contributed by atoms with van der Waals surface area (Å²) in [6, 6.07) is 0. The van der Waals surface area contributed by atoms with E-state index in [-0.39, 0.29) is 29.7 Å². The summed E-state index contributed by atoms with van der Waals surface area (Å²) in [5, 5.41) is 0. The second-order valence-corrected chi connectivity index (χ2v) is 0. The summed E-state index contributed by atoms with van der Waals surface area (Å²) in [5.41, 5.74) is 0. The van der Waals surface area contributed by atoms with Crippen molar-refractivity contribution in [2.24, 2.45) is 0 Å². The molecule has 0 N–H and O–H groups in total. The Kier molecular flexibility index (Phi) is 86.4. The van der Waals surface area contributed by atoms with Gasteiger partial charge >= 0.3 is 0 Å². The van der Waals surface area contributed by atoms with Crippen LogP contribution in [-0.2, 0) is 0 Å². The smallest absolute Gasteiger partial charge is 0 e. The number of hydrogen-bond donors (Lipinski definition) is 0. The van der Waals surface area contributed by atoms with Crippen LogP contribution in [0.25, 0.3) is 0 Å². The second-order valence-electron chi connectivity index (χ2n) is 0. The maximum atomic E-state index is 0. The van der Waals surface area contributed by atoms with E-state index in [1.165, 1.54) is 0 Å². The van der Waals surface area contributed by atoms with Crippen molar-refractivity contribution >= 4 is 0 Å². The summed E-state index contributed by atoms with van der Waals surface area (Å²) in [6.45, 7) is 0. The third kappa shape index (κ3) is 3.00. The SMILES string of the molecule is C.C.C.C.[No]. The number of rotatable bonds is 0. The molecule has 46 valence electrons. The first-order valence-corrected chi connectivity index (χ1v) is 0. The van der Waals surface area contributed by atoms with Crippen molar-refractivity contribution in [1.29, 1.82) is 0 Å². The molecular weight excluding hydrogens is 307 g/mol. The van der Waals surface area contributed by atoms with Crippen LogP contribution in [-0.4, -0.2) is 0 Å². The van der Waals surface area contributed by atoms with E-state index in [0.717, 1.165) is 0 Å². The van der Waals surface area contributed by atoms with Gasteiger partial charge in [0.1, 0.15) is 0 Å². The monoisotopic (exact) mass is 323 g/mol. The van der Waals surface area contributed by atoms with E-state index in [9.17, 15) is 0 Å². The van der Waals surface area contributed by atoms with E-state index in [1.807, 2.05) is 0 Å². The van der Waals surface area contributed by atoms with E-state index in [1.54, 1.807) is 0 Å². The molecule has 0 aromatic carbocycles. The fourth-order valence-corrected chi connectivity index (χ4v) is 0. The van der Waals surface area contributed by atoms with E-state index >= 15 is 0 Å². The van der Waals surface area contributed by atoms with Gasteiger partial charge < -0.3 is 0 Å². The van der Waals surface area contributed by atoms with Crippen LogP contribution in [0.3, 0.4) is 0 Å². The zero-order valence-electron chi connectivity index (χ0n) is 0.267. The summed E-state index contributed by atoms with van der Waals surface area (Å²) in [7, 11) is 0. The standard InChI is InChI=1S/4CH4.No/h4*1H4;. The first kappa shape index (κ1) is 36.0. The Morgan fingerprint density at radius 3 is 0.400 bits per heavy atom. The Balaban J connectivity index is 0. The molecule has 0 aliphatic carbocycles. The van der Waals surface area contributed by atoms with Gasteiger partial charge in [0.15, 0.2) is 0 Å². The zero-order valence-corrected chi connectivity index (χ0v) is 2.49. The first-order chi connectivity index (χ1) is 0. The van der Waals surface area contributed by atoms with Gasteiger partial charge in [0.25, 0.3) is 0 Å². The van der Waals surface area contributed by atoms with Crippen LogP contribution in [0, 0.1) is 0 Å². The molecule has 0 aromatic rings. The summed E-state index contributed by atoms with van der Waals surface area (Å²) in [4.78, 5) is 0. The quantitative estimate of drug-likeness (QED) is 0.643. The molecule has 0 fully saturated rings. The fourth-order valence-electron chi connectivity index (χ4n) is 0. The minimum atomic E-state index is 0. The van der Waals surface area contributed by atoms with Gasteiger partial charge in [0, 0.05) is 0 Å². The van der Waals surface area contributed by atoms with Gasteiger partial charge in [-0.3, -0.25) is 0 Å². The van der Waals surface area contributed by atoms with Gasteiger partial charge in [0.05, 0.1) is 0 Å². The molecule has 0 bridgehead atoms. The summed E-state index contributed by atoms with van der Waals surface area (Å²) in [5.74, 6) is 0. The van der Waals surface area contributed by atoms with Gasteiger partial charge in [-0.05, 0) is 0 Å². The Bertz CT molecular complexity index is 3.61. The Labute approximate surface area is 30.9 Å². The minimum Gasteiger partial charge on any atom is -0.0776 e. The van der Waals surface area contributed by atoms with E-state index in [2.05, 4.69) is 0 Å². The van der Waals surface area contributed by atoms with E-state index < -0.39 is 0 Å². The average molecular weight is 323 g/mol. The third-order valence-electron chi connectivity index (χ3n) is 0. The van der Waals surface area contributed by atoms with Gasteiger partial charge in [0.2, 0.25) is 0 Å². The van der Waals surface area contributed by atoms with Crippen molar-refractivity contribution in [2.45, 2.75) is 29.7 Å². The summed E-state index contributed by atoms with van der Waals surface area (Å²) < 4.78 is 0. The Hall–Kier alpha value is -1.00. The molecule has 0 aromatic heterocycles. The summed E-state index contributed by atoms with van der Waals surface area (Å²) >= 11 is 0. The topological polar surface area (TPSA) is 0 Å². The molecule has 0 unspecified atom stereocenters. The van der Waals surface area contributed by atoms with Crippen LogP contribution < -0.4 is 0 Å². The number of hydrogen-bond acceptors (Lipinski definition) is 0. The molecule has 0 amide bonds. The fraction of sp³-hybridized carbons (Fsp3) is 1.00. The predicted octanol–water partition coefficient (Wildman–Crippen LogP) is 2.54. The molecule has 0 spiro atoms. The van der Waals surface area contributed by atoms with Crippen molar-refractivity contribution in [1.82, 2.24) is 0 Å². The first-order valence-electron chi connectivity index (χ1n) is 0. The minimum absolute atomic E-state index is 0. The maximum Gasteiger partial charge on any atom is 0 e. The van der Waals surface area contributed by atoms with Gasteiger partial charge in [-0.1, -0.05) is 29.7 Å². The Morgan fingerprint density at radius 2 is 0.400 bits per heavy atom. The van der Waals surface area contributed by atoms with Gasteiger partial charge in [-0.2, -0.15) is 0 Å². The molecule has 0 radical (unpaired) electrons. The van der Waals surface area contributed by atoms with Gasteiger partial charge in [-0.25, -0.2) is 0 Å². The predicted molar refractivity (Wildman–Crippen MR) is 26.9 cm³/mol. The van der Waals surface area contributed by atoms with Crippen molar-refractivity contribution in [3.05, 3.63) is 0 Å². The molecule has 0 heterocycles. The molecule has 0 saturated carbocycles. The second kappa shape index (κ2) is 12.0. The summed E-state index contributed by atoms with van der Waals surface area (Å²) in [6.07, 6.45) is 0. The molecule has 0 aliphatic rings. The van der Waals surface area contributed by atoms with Crippen molar-refractivity contribution in [3.63, 3.8) is 0 Å².